The highest BCUT2D eigenvalue weighted by Crippen LogP contribution is 2.53. The number of aromatic nitrogens is 1. The van der Waals surface area contributed by atoms with Gasteiger partial charge in [-0.05, 0) is 98.3 Å². The fraction of sp³-hybridized carbons (Fsp3) is 0.121. The van der Waals surface area contributed by atoms with E-state index in [2.05, 4.69) is 83.8 Å². The molecule has 0 amide bonds. The van der Waals surface area contributed by atoms with Crippen LogP contribution < -0.4 is 4.90 Å². The summed E-state index contributed by atoms with van der Waals surface area (Å²) in [6.45, 7) is 0. The van der Waals surface area contributed by atoms with Crippen molar-refractivity contribution in [2.75, 3.05) is 4.90 Å². The summed E-state index contributed by atoms with van der Waals surface area (Å²) in [5, 5.41) is 0. The maximum absolute atomic E-state index is 4.87. The molecule has 5 aromatic rings. The van der Waals surface area contributed by atoms with Crippen LogP contribution in [-0.2, 0) is 25.7 Å². The second-order valence-corrected chi connectivity index (χ2v) is 10.4. The quantitative estimate of drug-likeness (QED) is 0.240. The van der Waals surface area contributed by atoms with Crippen molar-refractivity contribution in [3.05, 3.63) is 130 Å². The monoisotopic (exact) mass is 446 g/mol. The van der Waals surface area contributed by atoms with Gasteiger partial charge in [-0.15, -0.1) is 0 Å². The number of rotatable bonds is 0. The van der Waals surface area contributed by atoms with Crippen LogP contribution in [0.25, 0.3) is 22.3 Å². The molecule has 35 heavy (non-hydrogen) atoms. The normalized spacial score (nSPS) is 14.9. The number of benzene rings is 4. The average molecular weight is 447 g/mol. The molecule has 2 heteroatoms. The number of fused-ring (bicyclic) bond motifs is 11. The van der Waals surface area contributed by atoms with Gasteiger partial charge in [0, 0.05) is 24.7 Å². The van der Waals surface area contributed by atoms with Crippen LogP contribution in [0, 0.1) is 0 Å². The molecule has 1 aromatic heterocycles. The van der Waals surface area contributed by atoms with Gasteiger partial charge in [0.1, 0.15) is 0 Å². The average Bonchev–Trinajstić information content (AvgIpc) is 3.45. The zero-order valence-electron chi connectivity index (χ0n) is 19.3. The third-order valence-corrected chi connectivity index (χ3v) is 8.55. The Balaban J connectivity index is 1.27. The lowest BCUT2D eigenvalue weighted by Gasteiger charge is -2.39. The first-order valence-corrected chi connectivity index (χ1v) is 12.6. The van der Waals surface area contributed by atoms with Gasteiger partial charge in [-0.1, -0.05) is 54.6 Å². The van der Waals surface area contributed by atoms with E-state index in [-0.39, 0.29) is 0 Å². The van der Waals surface area contributed by atoms with E-state index in [1.807, 2.05) is 6.20 Å². The van der Waals surface area contributed by atoms with E-state index in [1.165, 1.54) is 84.0 Å². The molecule has 0 radical (unpaired) electrons. The zero-order chi connectivity index (χ0) is 22.7. The third kappa shape index (κ3) is 2.27. The molecular formula is C33H22N2. The maximum atomic E-state index is 4.87. The highest BCUT2D eigenvalue weighted by Gasteiger charge is 2.35. The number of hydrogen-bond acceptors (Lipinski definition) is 2. The summed E-state index contributed by atoms with van der Waals surface area (Å²) >= 11 is 0. The SMILES string of the molecule is c1ccc2c(c1)Cc1c-2ccc2c1-c1cc3c(cc1C2)N1c2ccccc2Cc2ccnc(c21)C3. The van der Waals surface area contributed by atoms with Gasteiger partial charge in [-0.25, -0.2) is 0 Å². The van der Waals surface area contributed by atoms with Gasteiger partial charge in [0.25, 0.3) is 0 Å². The number of pyridine rings is 1. The summed E-state index contributed by atoms with van der Waals surface area (Å²) in [5.74, 6) is 0. The molecule has 0 unspecified atom stereocenters. The Hall–Kier alpha value is -4.17. The molecule has 0 N–H and O–H groups in total. The fourth-order valence-corrected chi connectivity index (χ4v) is 7.08. The van der Waals surface area contributed by atoms with E-state index in [4.69, 9.17) is 4.98 Å². The molecule has 164 valence electrons. The van der Waals surface area contributed by atoms with Gasteiger partial charge < -0.3 is 4.90 Å². The molecule has 0 spiro atoms. The Labute approximate surface area is 204 Å². The second-order valence-electron chi connectivity index (χ2n) is 10.4. The summed E-state index contributed by atoms with van der Waals surface area (Å²) in [4.78, 5) is 7.36. The summed E-state index contributed by atoms with van der Waals surface area (Å²) in [6, 6.07) is 29.7. The van der Waals surface area contributed by atoms with E-state index in [0.29, 0.717) is 0 Å². The van der Waals surface area contributed by atoms with Crippen LogP contribution in [0.5, 0.6) is 0 Å². The van der Waals surface area contributed by atoms with E-state index in [1.54, 1.807) is 0 Å². The van der Waals surface area contributed by atoms with Crippen LogP contribution in [0.15, 0.2) is 85.1 Å². The Bertz CT molecular complexity index is 1760. The van der Waals surface area contributed by atoms with Crippen molar-refractivity contribution in [3.8, 4) is 22.3 Å². The molecule has 0 fully saturated rings. The molecule has 0 saturated heterocycles. The van der Waals surface area contributed by atoms with Crippen molar-refractivity contribution < 1.29 is 0 Å². The Morgan fingerprint density at radius 1 is 0.543 bits per heavy atom. The predicted molar refractivity (Wildman–Crippen MR) is 141 cm³/mol. The predicted octanol–water partition coefficient (Wildman–Crippen LogP) is 7.50. The third-order valence-electron chi connectivity index (χ3n) is 8.55. The first kappa shape index (κ1) is 18.2. The van der Waals surface area contributed by atoms with Crippen LogP contribution in [0.4, 0.5) is 17.1 Å². The fourth-order valence-electron chi connectivity index (χ4n) is 7.08. The van der Waals surface area contributed by atoms with Crippen LogP contribution in [0.2, 0.25) is 0 Å². The highest BCUT2D eigenvalue weighted by atomic mass is 15.2. The molecule has 3 heterocycles. The summed E-state index contributed by atoms with van der Waals surface area (Å²) < 4.78 is 0. The highest BCUT2D eigenvalue weighted by molar-refractivity contribution is 5.94. The minimum Gasteiger partial charge on any atom is -0.308 e. The van der Waals surface area contributed by atoms with E-state index in [0.717, 1.165) is 25.7 Å². The van der Waals surface area contributed by atoms with Crippen LogP contribution in [0.3, 0.4) is 0 Å². The Morgan fingerprint density at radius 3 is 2.37 bits per heavy atom. The first-order valence-electron chi connectivity index (χ1n) is 12.6. The number of para-hydroxylation sites is 1. The summed E-state index contributed by atoms with van der Waals surface area (Å²) in [7, 11) is 0. The smallest absolute Gasteiger partial charge is 0.0716 e. The van der Waals surface area contributed by atoms with Gasteiger partial charge >= 0.3 is 0 Å². The molecule has 0 atom stereocenters. The van der Waals surface area contributed by atoms with Crippen molar-refractivity contribution in [2.45, 2.75) is 25.7 Å². The van der Waals surface area contributed by atoms with Crippen molar-refractivity contribution >= 4 is 17.1 Å². The zero-order valence-corrected chi connectivity index (χ0v) is 19.3. The second kappa shape index (κ2) is 6.28. The molecule has 2 aliphatic heterocycles. The van der Waals surface area contributed by atoms with E-state index in [9.17, 15) is 0 Å². The van der Waals surface area contributed by atoms with Crippen molar-refractivity contribution in [1.29, 1.82) is 0 Å². The minimum absolute atomic E-state index is 0.898. The van der Waals surface area contributed by atoms with Crippen molar-refractivity contribution in [2.24, 2.45) is 0 Å². The Morgan fingerprint density at radius 2 is 1.40 bits per heavy atom. The molecular weight excluding hydrogens is 424 g/mol. The maximum Gasteiger partial charge on any atom is 0.0716 e. The first-order chi connectivity index (χ1) is 17.3. The van der Waals surface area contributed by atoms with Crippen LogP contribution in [0.1, 0.15) is 44.6 Å². The topological polar surface area (TPSA) is 16.1 Å². The number of hydrogen-bond donors (Lipinski definition) is 0. The molecule has 2 aliphatic carbocycles. The lowest BCUT2D eigenvalue weighted by molar-refractivity contribution is 0.959. The van der Waals surface area contributed by atoms with Gasteiger partial charge in [0.2, 0.25) is 0 Å². The molecule has 4 aliphatic rings. The van der Waals surface area contributed by atoms with E-state index < -0.39 is 0 Å². The minimum atomic E-state index is 0.898. The molecule has 2 nitrogen and oxygen atoms in total. The van der Waals surface area contributed by atoms with Crippen molar-refractivity contribution in [1.82, 2.24) is 4.98 Å². The number of nitrogens with zero attached hydrogens (tertiary/aromatic N) is 2. The largest absolute Gasteiger partial charge is 0.308 e. The van der Waals surface area contributed by atoms with Gasteiger partial charge in [-0.3, -0.25) is 4.98 Å². The van der Waals surface area contributed by atoms with Gasteiger partial charge in [-0.2, -0.15) is 0 Å². The summed E-state index contributed by atoms with van der Waals surface area (Å²) in [5.41, 5.74) is 21.0. The van der Waals surface area contributed by atoms with Crippen LogP contribution >= 0.6 is 0 Å². The Kier molecular flexibility index (Phi) is 3.27. The van der Waals surface area contributed by atoms with E-state index >= 15 is 0 Å². The van der Waals surface area contributed by atoms with Gasteiger partial charge in [0.05, 0.1) is 17.1 Å². The molecule has 9 rings (SSSR count). The van der Waals surface area contributed by atoms with Crippen LogP contribution in [-0.4, -0.2) is 4.98 Å². The molecule has 0 bridgehead atoms. The molecule has 0 saturated carbocycles. The van der Waals surface area contributed by atoms with Crippen molar-refractivity contribution in [3.63, 3.8) is 0 Å². The molecule has 4 aromatic carbocycles. The lowest BCUT2D eigenvalue weighted by Crippen LogP contribution is -2.25. The standard InChI is InChI=1S/C33H22N2/c1-3-7-25-19(5-1)15-28-26(25)10-9-21-14-23-18-31-24(16-27(23)32(21)28)17-29-33-22(11-12-34-29)13-20-6-2-4-8-30(20)35(31)33/h1-12,16,18H,13-15,17H2. The summed E-state index contributed by atoms with van der Waals surface area (Å²) in [6.07, 6.45) is 5.94. The number of anilines is 3. The van der Waals surface area contributed by atoms with Gasteiger partial charge in [0.15, 0.2) is 0 Å². The lowest BCUT2D eigenvalue weighted by atomic mass is 9.87.